The van der Waals surface area contributed by atoms with E-state index in [-0.39, 0.29) is 5.75 Å². The Bertz CT molecular complexity index is 636. The highest BCUT2D eigenvalue weighted by atomic mass is 16.6. The predicted octanol–water partition coefficient (Wildman–Crippen LogP) is 2.56. The number of fused-ring (bicyclic) bond motifs is 1. The average Bonchev–Trinajstić information content (AvgIpc) is 2.70. The summed E-state index contributed by atoms with van der Waals surface area (Å²) in [6.07, 6.45) is 8.69. The molecular formula is C18H22O5. The van der Waals surface area contributed by atoms with Crippen molar-refractivity contribution >= 4 is 11.9 Å². The van der Waals surface area contributed by atoms with E-state index in [4.69, 9.17) is 4.74 Å². The number of hydrogen-bond acceptors (Lipinski definition) is 5. The first-order valence-electron chi connectivity index (χ1n) is 8.08. The Kier molecular flexibility index (Phi) is 6.32. The van der Waals surface area contributed by atoms with Gasteiger partial charge in [0.15, 0.2) is 5.75 Å². The van der Waals surface area contributed by atoms with Crippen LogP contribution in [0.15, 0.2) is 23.0 Å². The van der Waals surface area contributed by atoms with Crippen LogP contribution in [0.3, 0.4) is 0 Å². The Morgan fingerprint density at radius 2 is 1.48 bits per heavy atom. The van der Waals surface area contributed by atoms with Crippen molar-refractivity contribution < 1.29 is 19.1 Å². The Labute approximate surface area is 135 Å². The predicted molar refractivity (Wildman–Crippen MR) is 85.5 cm³/mol. The quantitative estimate of drug-likeness (QED) is 0.588. The van der Waals surface area contributed by atoms with Crippen LogP contribution in [-0.4, -0.2) is 19.0 Å². The molecule has 0 aliphatic heterocycles. The second kappa shape index (κ2) is 8.46. The first kappa shape index (κ1) is 17.2. The molecule has 1 aliphatic carbocycles. The van der Waals surface area contributed by atoms with E-state index in [1.165, 1.54) is 25.3 Å². The average molecular weight is 318 g/mol. The maximum Gasteiger partial charge on any atom is 0.422 e. The van der Waals surface area contributed by atoms with Gasteiger partial charge in [0.1, 0.15) is 0 Å². The van der Waals surface area contributed by atoms with Gasteiger partial charge >= 0.3 is 11.9 Å². The lowest BCUT2D eigenvalue weighted by atomic mass is 9.96. The fraction of sp³-hybridized carbons (Fsp3) is 0.500. The van der Waals surface area contributed by atoms with Crippen LogP contribution in [0, 0.1) is 0 Å². The maximum absolute atomic E-state index is 12.1. The molecule has 0 amide bonds. The molecule has 23 heavy (non-hydrogen) atoms. The molecule has 1 aliphatic rings. The van der Waals surface area contributed by atoms with Gasteiger partial charge in [-0.1, -0.05) is 31.7 Å². The zero-order valence-corrected chi connectivity index (χ0v) is 13.4. The number of ether oxygens (including phenoxy) is 2. The lowest BCUT2D eigenvalue weighted by molar-refractivity contribution is -0.160. The smallest absolute Gasteiger partial charge is 0.422 e. The fourth-order valence-corrected chi connectivity index (χ4v) is 2.81. The van der Waals surface area contributed by atoms with Crippen molar-refractivity contribution in [3.8, 4) is 5.75 Å². The van der Waals surface area contributed by atoms with Crippen LogP contribution >= 0.6 is 0 Å². The maximum atomic E-state index is 12.1. The molecule has 0 saturated heterocycles. The van der Waals surface area contributed by atoms with Gasteiger partial charge in [-0.05, 0) is 48.9 Å². The van der Waals surface area contributed by atoms with Gasteiger partial charge in [0.2, 0.25) is 5.43 Å². The highest BCUT2D eigenvalue weighted by Gasteiger charge is 2.18. The number of esters is 2. The van der Waals surface area contributed by atoms with Crippen molar-refractivity contribution in [3.63, 3.8) is 0 Å². The topological polar surface area (TPSA) is 69.7 Å². The molecular weight excluding hydrogens is 296 g/mol. The van der Waals surface area contributed by atoms with E-state index in [1.54, 1.807) is 6.07 Å². The zero-order chi connectivity index (χ0) is 16.7. The Morgan fingerprint density at radius 1 is 0.870 bits per heavy atom. The number of hydrogen-bond donors (Lipinski definition) is 0. The monoisotopic (exact) mass is 318 g/mol. The minimum Gasteiger partial charge on any atom is -0.461 e. The van der Waals surface area contributed by atoms with Crippen LogP contribution in [0.25, 0.3) is 0 Å². The molecule has 0 heterocycles. The molecule has 0 saturated carbocycles. The van der Waals surface area contributed by atoms with Gasteiger partial charge in [-0.25, -0.2) is 9.59 Å². The standard InChI is InChI=1S/C18H22O5/c1-22-17(20)18(21)23-16-12-14-9-7-5-3-2-4-6-8-13(14)10-11-15(16)19/h10-12H,2-9H2,1H3. The van der Waals surface area contributed by atoms with Gasteiger partial charge in [-0.15, -0.1) is 0 Å². The molecule has 0 spiro atoms. The highest BCUT2D eigenvalue weighted by Crippen LogP contribution is 2.20. The summed E-state index contributed by atoms with van der Waals surface area (Å²) in [5.74, 6) is -2.41. The molecule has 0 N–H and O–H groups in total. The van der Waals surface area contributed by atoms with E-state index < -0.39 is 17.4 Å². The molecule has 5 heteroatoms. The second-order valence-corrected chi connectivity index (χ2v) is 5.76. The first-order chi connectivity index (χ1) is 11.1. The molecule has 0 unspecified atom stereocenters. The van der Waals surface area contributed by atoms with Gasteiger partial charge in [0.25, 0.3) is 0 Å². The lowest BCUT2D eigenvalue weighted by Gasteiger charge is -2.10. The summed E-state index contributed by atoms with van der Waals surface area (Å²) < 4.78 is 9.24. The molecule has 124 valence electrons. The van der Waals surface area contributed by atoms with Crippen LogP contribution < -0.4 is 10.2 Å². The van der Waals surface area contributed by atoms with E-state index in [0.29, 0.717) is 0 Å². The van der Waals surface area contributed by atoms with Crippen LogP contribution in [-0.2, 0) is 27.2 Å². The SMILES string of the molecule is COC(=O)C(=O)Oc1cc2c(ccc1=O)CCCCCCCC2. The normalized spacial score (nSPS) is 15.2. The van der Waals surface area contributed by atoms with Crippen molar-refractivity contribution in [3.05, 3.63) is 39.5 Å². The third kappa shape index (κ3) is 4.91. The van der Waals surface area contributed by atoms with E-state index in [1.807, 2.05) is 6.07 Å². The lowest BCUT2D eigenvalue weighted by Crippen LogP contribution is -2.23. The molecule has 0 bridgehead atoms. The molecule has 0 aromatic heterocycles. The van der Waals surface area contributed by atoms with Crippen LogP contribution in [0.4, 0.5) is 0 Å². The summed E-state index contributed by atoms with van der Waals surface area (Å²) >= 11 is 0. The van der Waals surface area contributed by atoms with Crippen molar-refractivity contribution in [1.29, 1.82) is 0 Å². The van der Waals surface area contributed by atoms with E-state index in [9.17, 15) is 14.4 Å². The van der Waals surface area contributed by atoms with Crippen LogP contribution in [0.1, 0.15) is 49.7 Å². The third-order valence-corrected chi connectivity index (χ3v) is 4.09. The summed E-state index contributed by atoms with van der Waals surface area (Å²) in [5, 5.41) is 0. The first-order valence-corrected chi connectivity index (χ1v) is 8.08. The number of rotatable bonds is 1. The van der Waals surface area contributed by atoms with E-state index in [0.717, 1.165) is 50.3 Å². The Hall–Kier alpha value is -2.17. The number of methoxy groups -OCH3 is 1. The second-order valence-electron chi connectivity index (χ2n) is 5.76. The molecule has 2 rings (SSSR count). The van der Waals surface area contributed by atoms with Gasteiger partial charge in [-0.3, -0.25) is 4.79 Å². The molecule has 0 fully saturated rings. The van der Waals surface area contributed by atoms with E-state index in [2.05, 4.69) is 4.74 Å². The summed E-state index contributed by atoms with van der Waals surface area (Å²) in [7, 11) is 1.09. The van der Waals surface area contributed by atoms with Gasteiger partial charge in [0.05, 0.1) is 7.11 Å². The number of carbonyl (C=O) groups excluding carboxylic acids is 2. The number of aryl methyl sites for hydroxylation is 2. The van der Waals surface area contributed by atoms with E-state index >= 15 is 0 Å². The highest BCUT2D eigenvalue weighted by molar-refractivity contribution is 6.30. The Balaban J connectivity index is 2.33. The Morgan fingerprint density at radius 3 is 2.13 bits per heavy atom. The third-order valence-electron chi connectivity index (χ3n) is 4.09. The van der Waals surface area contributed by atoms with Crippen molar-refractivity contribution in [1.82, 2.24) is 0 Å². The summed E-state index contributed by atoms with van der Waals surface area (Å²) in [6.45, 7) is 0. The van der Waals surface area contributed by atoms with Crippen molar-refractivity contribution in [2.45, 2.75) is 51.4 Å². The van der Waals surface area contributed by atoms with Gasteiger partial charge in [0, 0.05) is 0 Å². The van der Waals surface area contributed by atoms with Gasteiger partial charge in [-0.2, -0.15) is 0 Å². The molecule has 0 atom stereocenters. The zero-order valence-electron chi connectivity index (χ0n) is 13.4. The van der Waals surface area contributed by atoms with Crippen LogP contribution in [0.2, 0.25) is 0 Å². The molecule has 1 aromatic carbocycles. The van der Waals surface area contributed by atoms with Crippen molar-refractivity contribution in [2.24, 2.45) is 0 Å². The summed E-state index contributed by atoms with van der Waals surface area (Å²) in [4.78, 5) is 34.8. The molecule has 5 nitrogen and oxygen atoms in total. The fourth-order valence-electron chi connectivity index (χ4n) is 2.81. The van der Waals surface area contributed by atoms with Crippen molar-refractivity contribution in [2.75, 3.05) is 7.11 Å². The van der Waals surface area contributed by atoms with Gasteiger partial charge < -0.3 is 9.47 Å². The minimum absolute atomic E-state index is 0.112. The largest absolute Gasteiger partial charge is 0.461 e. The minimum atomic E-state index is -1.18. The summed E-state index contributed by atoms with van der Waals surface area (Å²) in [6, 6.07) is 4.83. The molecule has 1 aromatic rings. The molecule has 0 radical (unpaired) electrons. The summed E-state index contributed by atoms with van der Waals surface area (Å²) in [5.41, 5.74) is 1.72. The number of carbonyl (C=O) groups is 2. The van der Waals surface area contributed by atoms with Crippen LogP contribution in [0.5, 0.6) is 5.75 Å².